The molecule has 0 aromatic carbocycles. The fraction of sp³-hybridized carbons (Fsp3) is 0.800. The molecule has 0 fully saturated rings. The molecule has 0 aliphatic carbocycles. The third kappa shape index (κ3) is 4.93. The summed E-state index contributed by atoms with van der Waals surface area (Å²) in [7, 11) is 0. The van der Waals surface area contributed by atoms with E-state index in [-0.39, 0.29) is 18.6 Å². The van der Waals surface area contributed by atoms with Crippen molar-refractivity contribution in [2.24, 2.45) is 23.7 Å². The third-order valence-electron chi connectivity index (χ3n) is 2.26. The monoisotopic (exact) mass is 191 g/mol. The van der Waals surface area contributed by atoms with Gasteiger partial charge in [-0.1, -0.05) is 39.5 Å². The van der Waals surface area contributed by atoms with Crippen LogP contribution in [0, 0.1) is 37.5 Å². The van der Waals surface area contributed by atoms with E-state index in [9.17, 15) is 0 Å². The normalized spacial score (nSPS) is 16.4. The van der Waals surface area contributed by atoms with Crippen molar-refractivity contribution in [2.75, 3.05) is 0 Å². The molecule has 0 heterocycles. The molecule has 11 heavy (non-hydrogen) atoms. The zero-order chi connectivity index (χ0) is 8.31. The molecule has 0 saturated heterocycles. The Morgan fingerprint density at radius 1 is 0.727 bits per heavy atom. The molecule has 65 valence electrons. The average molecular weight is 191 g/mol. The van der Waals surface area contributed by atoms with Crippen LogP contribution in [0.2, 0.25) is 0 Å². The largest absolute Gasteiger partial charge is 2.00 e. The van der Waals surface area contributed by atoms with Gasteiger partial charge >= 0.3 is 18.6 Å². The van der Waals surface area contributed by atoms with Crippen LogP contribution in [0.1, 0.15) is 27.7 Å². The zero-order valence-electron chi connectivity index (χ0n) is 8.17. The van der Waals surface area contributed by atoms with Crippen LogP contribution in [-0.4, -0.2) is 0 Å². The summed E-state index contributed by atoms with van der Waals surface area (Å²) < 4.78 is 0. The second-order valence-corrected chi connectivity index (χ2v) is 3.82. The van der Waals surface area contributed by atoms with E-state index in [1.165, 1.54) is 0 Å². The Kier molecular flexibility index (Phi) is 7.89. The van der Waals surface area contributed by atoms with E-state index >= 15 is 0 Å². The van der Waals surface area contributed by atoms with Gasteiger partial charge in [-0.3, -0.25) is 0 Å². The van der Waals surface area contributed by atoms with E-state index in [4.69, 9.17) is 0 Å². The van der Waals surface area contributed by atoms with Gasteiger partial charge in [0.15, 0.2) is 0 Å². The Hall–Kier alpha value is 0.584. The van der Waals surface area contributed by atoms with Crippen LogP contribution in [0.25, 0.3) is 0 Å². The van der Waals surface area contributed by atoms with Crippen LogP contribution in [0.5, 0.6) is 0 Å². The molecule has 1 radical (unpaired) electrons. The van der Waals surface area contributed by atoms with E-state index < -0.39 is 0 Å². The standard InChI is InChI=1S/C10H20.V/c1-7(2)9(5)10(6)8(3)4;/h7-10H,5-6H2,1-4H3;/q-2;+2. The Balaban J connectivity index is 0. The Labute approximate surface area is 84.0 Å². The van der Waals surface area contributed by atoms with Crippen molar-refractivity contribution < 1.29 is 18.6 Å². The minimum atomic E-state index is 0. The summed E-state index contributed by atoms with van der Waals surface area (Å²) >= 11 is 0. The van der Waals surface area contributed by atoms with E-state index in [0.717, 1.165) is 0 Å². The molecule has 0 amide bonds. The molecule has 0 rings (SSSR count). The molecule has 1 heteroatoms. The summed E-state index contributed by atoms with van der Waals surface area (Å²) in [6, 6.07) is 0. The van der Waals surface area contributed by atoms with Crippen LogP contribution in [0.15, 0.2) is 0 Å². The Morgan fingerprint density at radius 2 is 0.909 bits per heavy atom. The smallest absolute Gasteiger partial charge is 0.342 e. The van der Waals surface area contributed by atoms with Gasteiger partial charge in [-0.25, -0.2) is 0 Å². The molecule has 0 N–H and O–H groups in total. The summed E-state index contributed by atoms with van der Waals surface area (Å²) in [5.74, 6) is 2.31. The Morgan fingerprint density at radius 3 is 1.00 bits per heavy atom. The molecule has 2 atom stereocenters. The van der Waals surface area contributed by atoms with E-state index in [1.807, 2.05) is 0 Å². The van der Waals surface area contributed by atoms with Crippen LogP contribution >= 0.6 is 0 Å². The van der Waals surface area contributed by atoms with Crippen molar-refractivity contribution in [1.29, 1.82) is 0 Å². The van der Waals surface area contributed by atoms with Gasteiger partial charge < -0.3 is 13.8 Å². The molecule has 0 spiro atoms. The minimum absolute atomic E-state index is 0. The van der Waals surface area contributed by atoms with Gasteiger partial charge in [0.05, 0.1) is 0 Å². The number of hydrogen-bond donors (Lipinski definition) is 0. The molecular formula is C10H20V. The second-order valence-electron chi connectivity index (χ2n) is 3.82. The molecule has 0 nitrogen and oxygen atoms in total. The van der Waals surface area contributed by atoms with Crippen molar-refractivity contribution in [3.05, 3.63) is 13.8 Å². The van der Waals surface area contributed by atoms with Crippen molar-refractivity contribution >= 4 is 0 Å². The molecule has 2 unspecified atom stereocenters. The van der Waals surface area contributed by atoms with E-state index in [0.29, 0.717) is 23.7 Å². The van der Waals surface area contributed by atoms with Gasteiger partial charge in [0, 0.05) is 0 Å². The summed E-state index contributed by atoms with van der Waals surface area (Å²) in [4.78, 5) is 0. The number of hydrogen-bond acceptors (Lipinski definition) is 0. The maximum atomic E-state index is 4.10. The maximum absolute atomic E-state index is 4.10. The van der Waals surface area contributed by atoms with E-state index in [2.05, 4.69) is 41.5 Å². The summed E-state index contributed by atoms with van der Waals surface area (Å²) in [6.07, 6.45) is 0. The van der Waals surface area contributed by atoms with Gasteiger partial charge in [0.1, 0.15) is 0 Å². The topological polar surface area (TPSA) is 0 Å². The second kappa shape index (κ2) is 6.14. The predicted octanol–water partition coefficient (Wildman–Crippen LogP) is 3.20. The first kappa shape index (κ1) is 14.1. The van der Waals surface area contributed by atoms with Gasteiger partial charge in [-0.2, -0.15) is 11.8 Å². The van der Waals surface area contributed by atoms with Gasteiger partial charge in [-0.15, -0.1) is 0 Å². The van der Waals surface area contributed by atoms with Crippen molar-refractivity contribution in [3.63, 3.8) is 0 Å². The first-order chi connectivity index (χ1) is 4.46. The predicted molar refractivity (Wildman–Crippen MR) is 47.4 cm³/mol. The molecule has 0 aromatic heterocycles. The van der Waals surface area contributed by atoms with Crippen LogP contribution in [-0.2, 0) is 18.6 Å². The first-order valence-electron chi connectivity index (χ1n) is 4.13. The van der Waals surface area contributed by atoms with Crippen molar-refractivity contribution in [1.82, 2.24) is 0 Å². The molecular weight excluding hydrogens is 171 g/mol. The summed E-state index contributed by atoms with van der Waals surface area (Å²) in [5.41, 5.74) is 0. The molecule has 0 bridgehead atoms. The molecule has 0 aliphatic heterocycles. The minimum Gasteiger partial charge on any atom is -0.342 e. The first-order valence-corrected chi connectivity index (χ1v) is 4.13. The average Bonchev–Trinajstić information content (AvgIpc) is 1.84. The van der Waals surface area contributed by atoms with E-state index in [1.54, 1.807) is 0 Å². The van der Waals surface area contributed by atoms with Crippen molar-refractivity contribution in [2.45, 2.75) is 27.7 Å². The van der Waals surface area contributed by atoms with Gasteiger partial charge in [0.2, 0.25) is 0 Å². The molecule has 0 aromatic rings. The van der Waals surface area contributed by atoms with Gasteiger partial charge in [-0.05, 0) is 0 Å². The maximum Gasteiger partial charge on any atom is 2.00 e. The third-order valence-corrected chi connectivity index (χ3v) is 2.26. The Bertz CT molecular complexity index is 74.9. The summed E-state index contributed by atoms with van der Waals surface area (Å²) in [5, 5.41) is 0. The van der Waals surface area contributed by atoms with Crippen LogP contribution < -0.4 is 0 Å². The summed E-state index contributed by atoms with van der Waals surface area (Å²) in [6.45, 7) is 17.0. The fourth-order valence-corrected chi connectivity index (χ4v) is 0.989. The molecule has 0 saturated carbocycles. The van der Waals surface area contributed by atoms with Crippen molar-refractivity contribution in [3.8, 4) is 0 Å². The SMILES string of the molecule is [CH2-]C(C(C)C)C([CH2-])C(C)C.[V+2]. The molecule has 0 aliphatic rings. The van der Waals surface area contributed by atoms with Crippen LogP contribution in [0.3, 0.4) is 0 Å². The quantitative estimate of drug-likeness (QED) is 0.601. The number of rotatable bonds is 3. The zero-order valence-corrected chi connectivity index (χ0v) is 9.57. The fourth-order valence-electron chi connectivity index (χ4n) is 0.989. The van der Waals surface area contributed by atoms with Crippen LogP contribution in [0.4, 0.5) is 0 Å². The van der Waals surface area contributed by atoms with Gasteiger partial charge in [0.25, 0.3) is 0 Å².